The third kappa shape index (κ3) is 2.82. The Balaban J connectivity index is 1.95. The van der Waals surface area contributed by atoms with Gasteiger partial charge in [0.25, 0.3) is 0 Å². The van der Waals surface area contributed by atoms with E-state index in [2.05, 4.69) is 17.1 Å². The highest BCUT2D eigenvalue weighted by Gasteiger charge is 2.21. The number of nitrogens with zero attached hydrogens (tertiary/aromatic N) is 2. The average molecular weight is 311 g/mol. The number of hydrogen-bond donors (Lipinski definition) is 1. The van der Waals surface area contributed by atoms with Gasteiger partial charge < -0.3 is 5.73 Å². The van der Waals surface area contributed by atoms with Crippen molar-refractivity contribution in [1.29, 1.82) is 0 Å². The van der Waals surface area contributed by atoms with Crippen LogP contribution in [0, 0.1) is 10.1 Å². The molecular weight excluding hydrogens is 298 g/mol. The van der Waals surface area contributed by atoms with Crippen molar-refractivity contribution in [1.82, 2.24) is 4.98 Å². The van der Waals surface area contributed by atoms with Crippen molar-refractivity contribution >= 4 is 22.8 Å². The highest BCUT2D eigenvalue weighted by Crippen LogP contribution is 2.37. The molecule has 0 saturated heterocycles. The molecule has 2 heterocycles. The van der Waals surface area contributed by atoms with Crippen LogP contribution in [0.15, 0.2) is 54.7 Å². The van der Waals surface area contributed by atoms with Crippen molar-refractivity contribution in [2.75, 3.05) is 5.73 Å². The van der Waals surface area contributed by atoms with Gasteiger partial charge in [0.05, 0.1) is 10.5 Å². The molecule has 0 aliphatic heterocycles. The lowest BCUT2D eigenvalue weighted by Crippen LogP contribution is -1.99. The van der Waals surface area contributed by atoms with Gasteiger partial charge >= 0.3 is 5.69 Å². The van der Waals surface area contributed by atoms with Gasteiger partial charge in [0.15, 0.2) is 0 Å². The van der Waals surface area contributed by atoms with E-state index in [9.17, 15) is 10.1 Å². The summed E-state index contributed by atoms with van der Waals surface area (Å²) >= 11 is 1.53. The summed E-state index contributed by atoms with van der Waals surface area (Å²) in [6, 6.07) is 15.6. The second-order valence-corrected chi connectivity index (χ2v) is 5.95. The van der Waals surface area contributed by atoms with Gasteiger partial charge in [-0.05, 0) is 23.8 Å². The summed E-state index contributed by atoms with van der Waals surface area (Å²) in [7, 11) is 0. The standard InChI is InChI=1S/C16H13N3O2S/c17-16-15(19(20)21)13(8-9-18-16)14-7-6-12(22-14)10-11-4-2-1-3-5-11/h1-9H,10H2,(H2,17,18). The second kappa shape index (κ2) is 5.95. The fraction of sp³-hybridized carbons (Fsp3) is 0.0625. The molecular formula is C16H13N3O2S. The molecule has 0 aliphatic carbocycles. The Morgan fingerprint density at radius 3 is 2.64 bits per heavy atom. The largest absolute Gasteiger partial charge is 0.378 e. The predicted octanol–water partition coefficient (Wildman–Crippen LogP) is 3.89. The smallest absolute Gasteiger partial charge is 0.319 e. The molecule has 2 aromatic heterocycles. The van der Waals surface area contributed by atoms with E-state index in [1.807, 2.05) is 30.3 Å². The van der Waals surface area contributed by atoms with E-state index in [1.165, 1.54) is 23.1 Å². The quantitative estimate of drug-likeness (QED) is 0.585. The summed E-state index contributed by atoms with van der Waals surface area (Å²) < 4.78 is 0. The minimum Gasteiger partial charge on any atom is -0.378 e. The van der Waals surface area contributed by atoms with E-state index >= 15 is 0 Å². The Morgan fingerprint density at radius 2 is 1.91 bits per heavy atom. The fourth-order valence-electron chi connectivity index (χ4n) is 2.28. The van der Waals surface area contributed by atoms with Crippen LogP contribution in [0.1, 0.15) is 10.4 Å². The maximum Gasteiger partial charge on any atom is 0.319 e. The maximum atomic E-state index is 11.2. The number of nitrogens with two attached hydrogens (primary N) is 1. The molecule has 0 fully saturated rings. The van der Waals surface area contributed by atoms with Gasteiger partial charge in [0.2, 0.25) is 5.82 Å². The number of anilines is 1. The lowest BCUT2D eigenvalue weighted by atomic mass is 10.1. The van der Waals surface area contributed by atoms with Gasteiger partial charge in [-0.25, -0.2) is 4.98 Å². The van der Waals surface area contributed by atoms with E-state index in [0.717, 1.165) is 16.2 Å². The highest BCUT2D eigenvalue weighted by atomic mass is 32.1. The number of aromatic nitrogens is 1. The summed E-state index contributed by atoms with van der Waals surface area (Å²) in [6.07, 6.45) is 2.30. The zero-order chi connectivity index (χ0) is 15.5. The Kier molecular flexibility index (Phi) is 3.84. The van der Waals surface area contributed by atoms with Crippen LogP contribution in [0.25, 0.3) is 10.4 Å². The van der Waals surface area contributed by atoms with Crippen LogP contribution in [0.5, 0.6) is 0 Å². The third-order valence-corrected chi connectivity index (χ3v) is 4.40. The first-order chi connectivity index (χ1) is 10.6. The molecule has 3 aromatic rings. The minimum absolute atomic E-state index is 0.0551. The Bertz CT molecular complexity index is 815. The maximum absolute atomic E-state index is 11.2. The van der Waals surface area contributed by atoms with E-state index in [0.29, 0.717) is 5.56 Å². The topological polar surface area (TPSA) is 82.0 Å². The zero-order valence-corrected chi connectivity index (χ0v) is 12.4. The van der Waals surface area contributed by atoms with Gasteiger partial charge in [-0.2, -0.15) is 0 Å². The van der Waals surface area contributed by atoms with Gasteiger partial charge in [-0.3, -0.25) is 10.1 Å². The van der Waals surface area contributed by atoms with Crippen LogP contribution in [0.4, 0.5) is 11.5 Å². The van der Waals surface area contributed by atoms with E-state index in [1.54, 1.807) is 6.07 Å². The van der Waals surface area contributed by atoms with E-state index in [4.69, 9.17) is 5.73 Å². The number of nitro groups is 1. The molecule has 110 valence electrons. The molecule has 1 aromatic carbocycles. The molecule has 0 amide bonds. The fourth-order valence-corrected chi connectivity index (χ4v) is 3.34. The molecule has 22 heavy (non-hydrogen) atoms. The summed E-state index contributed by atoms with van der Waals surface area (Å²) in [5.74, 6) is -0.0551. The Hall–Kier alpha value is -2.73. The summed E-state index contributed by atoms with van der Waals surface area (Å²) in [6.45, 7) is 0. The molecule has 0 aliphatic rings. The summed E-state index contributed by atoms with van der Waals surface area (Å²) in [5.41, 5.74) is 7.24. The van der Waals surface area contributed by atoms with Crippen LogP contribution in [0.2, 0.25) is 0 Å². The Labute approximate surface area is 131 Å². The lowest BCUT2D eigenvalue weighted by Gasteiger charge is -2.02. The number of nitrogen functional groups attached to an aromatic ring is 1. The molecule has 0 spiro atoms. The van der Waals surface area contributed by atoms with Crippen molar-refractivity contribution in [2.24, 2.45) is 0 Å². The molecule has 0 atom stereocenters. The summed E-state index contributed by atoms with van der Waals surface area (Å²) in [5, 5.41) is 11.2. The van der Waals surface area contributed by atoms with Crippen molar-refractivity contribution in [3.63, 3.8) is 0 Å². The Morgan fingerprint density at radius 1 is 1.14 bits per heavy atom. The zero-order valence-electron chi connectivity index (χ0n) is 11.6. The molecule has 3 rings (SSSR count). The number of hydrogen-bond acceptors (Lipinski definition) is 5. The van der Waals surface area contributed by atoms with Crippen molar-refractivity contribution in [3.05, 3.63) is 75.3 Å². The molecule has 0 saturated carbocycles. The van der Waals surface area contributed by atoms with Crippen LogP contribution in [0.3, 0.4) is 0 Å². The van der Waals surface area contributed by atoms with Crippen molar-refractivity contribution < 1.29 is 4.92 Å². The predicted molar refractivity (Wildman–Crippen MR) is 87.9 cm³/mol. The number of rotatable bonds is 4. The number of benzene rings is 1. The molecule has 0 radical (unpaired) electrons. The van der Waals surface area contributed by atoms with Crippen LogP contribution < -0.4 is 5.73 Å². The van der Waals surface area contributed by atoms with Crippen LogP contribution in [-0.2, 0) is 6.42 Å². The second-order valence-electron chi connectivity index (χ2n) is 4.78. The number of thiophene rings is 1. The van der Waals surface area contributed by atoms with Crippen molar-refractivity contribution in [2.45, 2.75) is 6.42 Å². The van der Waals surface area contributed by atoms with E-state index < -0.39 is 4.92 Å². The average Bonchev–Trinajstić information content (AvgIpc) is 2.96. The van der Waals surface area contributed by atoms with Gasteiger partial charge in [-0.1, -0.05) is 30.3 Å². The van der Waals surface area contributed by atoms with Gasteiger partial charge in [0, 0.05) is 22.4 Å². The van der Waals surface area contributed by atoms with Gasteiger partial charge in [0.1, 0.15) is 0 Å². The first-order valence-electron chi connectivity index (χ1n) is 6.67. The minimum atomic E-state index is -0.478. The first-order valence-corrected chi connectivity index (χ1v) is 7.48. The lowest BCUT2D eigenvalue weighted by molar-refractivity contribution is -0.383. The highest BCUT2D eigenvalue weighted by molar-refractivity contribution is 7.15. The normalized spacial score (nSPS) is 10.5. The van der Waals surface area contributed by atoms with Crippen LogP contribution in [-0.4, -0.2) is 9.91 Å². The first kappa shape index (κ1) is 14.2. The third-order valence-electron chi connectivity index (χ3n) is 3.28. The SMILES string of the molecule is Nc1nccc(-c2ccc(Cc3ccccc3)s2)c1[N+](=O)[O-]. The van der Waals surface area contributed by atoms with Crippen LogP contribution >= 0.6 is 11.3 Å². The molecule has 0 bridgehead atoms. The number of pyridine rings is 1. The summed E-state index contributed by atoms with van der Waals surface area (Å²) in [4.78, 5) is 16.5. The molecule has 5 nitrogen and oxygen atoms in total. The molecule has 0 unspecified atom stereocenters. The van der Waals surface area contributed by atoms with Gasteiger partial charge in [-0.15, -0.1) is 11.3 Å². The van der Waals surface area contributed by atoms with Crippen molar-refractivity contribution in [3.8, 4) is 10.4 Å². The monoisotopic (exact) mass is 311 g/mol. The van der Waals surface area contributed by atoms with E-state index in [-0.39, 0.29) is 11.5 Å². The molecule has 2 N–H and O–H groups in total. The molecule has 6 heteroatoms.